The summed E-state index contributed by atoms with van der Waals surface area (Å²) in [5.74, 6) is 0. The molecule has 112 valence electrons. The third kappa shape index (κ3) is 3.21. The molecule has 2 rings (SSSR count). The monoisotopic (exact) mass is 344 g/mol. The first-order valence-electron chi connectivity index (χ1n) is 6.92. The Kier molecular flexibility index (Phi) is 5.17. The second-order valence-electron chi connectivity index (χ2n) is 5.09. The highest BCUT2D eigenvalue weighted by Crippen LogP contribution is 2.24. The second kappa shape index (κ2) is 6.69. The largest absolute Gasteiger partial charge is 0.373 e. The normalized spacial score (nSPS) is 21.0. The predicted octanol–water partition coefficient (Wildman–Crippen LogP) is 0.968. The van der Waals surface area contributed by atoms with Gasteiger partial charge in [0, 0.05) is 25.7 Å². The Balaban J connectivity index is 2.24. The molecular formula is C13H21BrN4O2. The molecule has 1 fully saturated rings. The van der Waals surface area contributed by atoms with Crippen LogP contribution in [0.1, 0.15) is 20.3 Å². The summed E-state index contributed by atoms with van der Waals surface area (Å²) >= 11 is 3.41. The van der Waals surface area contributed by atoms with Crippen LogP contribution >= 0.6 is 15.9 Å². The summed E-state index contributed by atoms with van der Waals surface area (Å²) in [4.78, 5) is 14.3. The Labute approximate surface area is 127 Å². The van der Waals surface area contributed by atoms with Crippen LogP contribution in [0, 0.1) is 0 Å². The average molecular weight is 345 g/mol. The Morgan fingerprint density at radius 3 is 3.05 bits per heavy atom. The molecule has 6 nitrogen and oxygen atoms in total. The molecule has 1 aliphatic rings. The van der Waals surface area contributed by atoms with Crippen LogP contribution < -0.4 is 16.2 Å². The van der Waals surface area contributed by atoms with Crippen LogP contribution in [0.4, 0.5) is 5.69 Å². The summed E-state index contributed by atoms with van der Waals surface area (Å²) < 4.78 is 7.68. The van der Waals surface area contributed by atoms with E-state index in [2.05, 4.69) is 25.9 Å². The first-order chi connectivity index (χ1) is 9.54. The molecule has 0 aliphatic carbocycles. The number of nitrogens with zero attached hydrogens (tertiary/aromatic N) is 3. The van der Waals surface area contributed by atoms with Crippen molar-refractivity contribution in [3.63, 3.8) is 0 Å². The standard InChI is InChI=1S/C13H21BrN4O2/c1-3-4-18-13(19)12(14)10(7-16-18)17-5-6-20-11(8-17)9(2)15/h7,9,11H,3-6,8,15H2,1-2H3. The van der Waals surface area contributed by atoms with Crippen LogP contribution in [-0.4, -0.2) is 41.6 Å². The molecule has 1 aromatic rings. The smallest absolute Gasteiger partial charge is 0.283 e. The summed E-state index contributed by atoms with van der Waals surface area (Å²) in [5, 5.41) is 4.23. The zero-order chi connectivity index (χ0) is 14.7. The van der Waals surface area contributed by atoms with Gasteiger partial charge < -0.3 is 15.4 Å². The van der Waals surface area contributed by atoms with Crippen LogP contribution in [0.3, 0.4) is 0 Å². The molecule has 20 heavy (non-hydrogen) atoms. The number of hydrogen-bond donors (Lipinski definition) is 1. The van der Waals surface area contributed by atoms with E-state index >= 15 is 0 Å². The van der Waals surface area contributed by atoms with Gasteiger partial charge in [0.15, 0.2) is 0 Å². The maximum absolute atomic E-state index is 12.2. The topological polar surface area (TPSA) is 73.4 Å². The maximum Gasteiger partial charge on any atom is 0.283 e. The van der Waals surface area contributed by atoms with Crippen LogP contribution in [0.15, 0.2) is 15.5 Å². The molecule has 0 amide bonds. The van der Waals surface area contributed by atoms with E-state index in [1.54, 1.807) is 6.20 Å². The van der Waals surface area contributed by atoms with Crippen molar-refractivity contribution in [3.05, 3.63) is 21.0 Å². The van der Waals surface area contributed by atoms with E-state index in [0.717, 1.165) is 18.7 Å². The lowest BCUT2D eigenvalue weighted by Gasteiger charge is -2.36. The van der Waals surface area contributed by atoms with Gasteiger partial charge in [-0.25, -0.2) is 4.68 Å². The van der Waals surface area contributed by atoms with Crippen molar-refractivity contribution in [2.45, 2.75) is 39.0 Å². The molecule has 1 saturated heterocycles. The van der Waals surface area contributed by atoms with E-state index in [4.69, 9.17) is 10.5 Å². The number of anilines is 1. The number of aromatic nitrogens is 2. The molecule has 2 unspecified atom stereocenters. The molecule has 2 heterocycles. The van der Waals surface area contributed by atoms with Crippen molar-refractivity contribution in [1.82, 2.24) is 9.78 Å². The molecule has 2 atom stereocenters. The molecule has 1 aliphatic heterocycles. The van der Waals surface area contributed by atoms with Gasteiger partial charge in [0.2, 0.25) is 0 Å². The fourth-order valence-electron chi connectivity index (χ4n) is 2.26. The zero-order valence-electron chi connectivity index (χ0n) is 11.9. The van der Waals surface area contributed by atoms with Gasteiger partial charge in [-0.2, -0.15) is 5.10 Å². The van der Waals surface area contributed by atoms with Crippen LogP contribution in [0.25, 0.3) is 0 Å². The summed E-state index contributed by atoms with van der Waals surface area (Å²) in [5.41, 5.74) is 6.62. The number of aryl methyl sites for hydroxylation is 1. The first kappa shape index (κ1) is 15.5. The minimum absolute atomic E-state index is 0.0197. The summed E-state index contributed by atoms with van der Waals surface area (Å²) in [6.07, 6.45) is 2.60. The van der Waals surface area contributed by atoms with Gasteiger partial charge in [0.1, 0.15) is 4.47 Å². The second-order valence-corrected chi connectivity index (χ2v) is 5.88. The highest BCUT2D eigenvalue weighted by molar-refractivity contribution is 9.10. The number of halogens is 1. The third-order valence-corrected chi connectivity index (χ3v) is 4.17. The van der Waals surface area contributed by atoms with E-state index in [9.17, 15) is 4.79 Å². The van der Waals surface area contributed by atoms with E-state index in [1.165, 1.54) is 4.68 Å². The molecule has 7 heteroatoms. The van der Waals surface area contributed by atoms with Crippen molar-refractivity contribution < 1.29 is 4.74 Å². The van der Waals surface area contributed by atoms with Gasteiger partial charge in [-0.3, -0.25) is 4.79 Å². The number of hydrogen-bond acceptors (Lipinski definition) is 5. The van der Waals surface area contributed by atoms with E-state index in [1.807, 2.05) is 13.8 Å². The van der Waals surface area contributed by atoms with E-state index in [0.29, 0.717) is 24.2 Å². The minimum atomic E-state index is -0.0896. The number of morpholine rings is 1. The van der Waals surface area contributed by atoms with Gasteiger partial charge in [-0.05, 0) is 29.3 Å². The van der Waals surface area contributed by atoms with Gasteiger partial charge in [-0.15, -0.1) is 0 Å². The number of rotatable bonds is 4. The van der Waals surface area contributed by atoms with Gasteiger partial charge in [-0.1, -0.05) is 6.92 Å². The lowest BCUT2D eigenvalue weighted by atomic mass is 10.1. The van der Waals surface area contributed by atoms with E-state index in [-0.39, 0.29) is 17.7 Å². The van der Waals surface area contributed by atoms with Crippen LogP contribution in [-0.2, 0) is 11.3 Å². The highest BCUT2D eigenvalue weighted by Gasteiger charge is 2.25. The van der Waals surface area contributed by atoms with Crippen molar-refractivity contribution >= 4 is 21.6 Å². The fourth-order valence-corrected chi connectivity index (χ4v) is 2.82. The van der Waals surface area contributed by atoms with Crippen molar-refractivity contribution in [2.24, 2.45) is 5.73 Å². The third-order valence-electron chi connectivity index (χ3n) is 3.42. The SMILES string of the molecule is CCCn1ncc(N2CCOC(C(C)N)C2)c(Br)c1=O. The Morgan fingerprint density at radius 1 is 1.65 bits per heavy atom. The van der Waals surface area contributed by atoms with E-state index < -0.39 is 0 Å². The van der Waals surface area contributed by atoms with Crippen molar-refractivity contribution in [2.75, 3.05) is 24.6 Å². The van der Waals surface area contributed by atoms with Crippen LogP contribution in [0.2, 0.25) is 0 Å². The predicted molar refractivity (Wildman–Crippen MR) is 82.1 cm³/mol. The average Bonchev–Trinajstić information content (AvgIpc) is 2.44. The zero-order valence-corrected chi connectivity index (χ0v) is 13.5. The lowest BCUT2D eigenvalue weighted by Crippen LogP contribution is -2.50. The molecule has 0 bridgehead atoms. The van der Waals surface area contributed by atoms with Gasteiger partial charge in [0.05, 0.1) is 24.6 Å². The van der Waals surface area contributed by atoms with Gasteiger partial charge in [0.25, 0.3) is 5.56 Å². The quantitative estimate of drug-likeness (QED) is 0.880. The Morgan fingerprint density at radius 2 is 2.40 bits per heavy atom. The Hall–Kier alpha value is -0.920. The van der Waals surface area contributed by atoms with Crippen molar-refractivity contribution in [3.8, 4) is 0 Å². The minimum Gasteiger partial charge on any atom is -0.373 e. The molecule has 1 aromatic heterocycles. The molecule has 0 radical (unpaired) electrons. The summed E-state index contributed by atoms with van der Waals surface area (Å²) in [6.45, 7) is 6.60. The van der Waals surface area contributed by atoms with Gasteiger partial charge >= 0.3 is 0 Å². The summed E-state index contributed by atoms with van der Waals surface area (Å²) in [6, 6.07) is -0.0370. The highest BCUT2D eigenvalue weighted by atomic mass is 79.9. The first-order valence-corrected chi connectivity index (χ1v) is 7.71. The number of ether oxygens (including phenoxy) is 1. The molecule has 0 spiro atoms. The van der Waals surface area contributed by atoms with Crippen molar-refractivity contribution in [1.29, 1.82) is 0 Å². The fraction of sp³-hybridized carbons (Fsp3) is 0.692. The molecular weight excluding hydrogens is 324 g/mol. The Bertz CT molecular complexity index is 518. The molecule has 0 saturated carbocycles. The summed E-state index contributed by atoms with van der Waals surface area (Å²) in [7, 11) is 0. The molecule has 0 aromatic carbocycles. The maximum atomic E-state index is 12.2. The molecule has 2 N–H and O–H groups in total. The van der Waals surface area contributed by atoms with Crippen LogP contribution in [0.5, 0.6) is 0 Å². The lowest BCUT2D eigenvalue weighted by molar-refractivity contribution is 0.0275. The number of nitrogens with two attached hydrogens (primary N) is 1.